The summed E-state index contributed by atoms with van der Waals surface area (Å²) in [7, 11) is 0. The van der Waals surface area contributed by atoms with E-state index < -0.39 is 30.4 Å². The first kappa shape index (κ1) is 33.2. The molecule has 0 aromatic rings. The summed E-state index contributed by atoms with van der Waals surface area (Å²) in [5.74, 6) is 1.90. The van der Waals surface area contributed by atoms with E-state index in [2.05, 4.69) is 38.9 Å². The third kappa shape index (κ3) is 6.96. The van der Waals surface area contributed by atoms with E-state index in [0.29, 0.717) is 17.3 Å². The number of nitrogens with zero attached hydrogens (tertiary/aromatic N) is 1. The van der Waals surface area contributed by atoms with Gasteiger partial charge in [0.15, 0.2) is 6.29 Å². The molecule has 5 rings (SSSR count). The van der Waals surface area contributed by atoms with Crippen molar-refractivity contribution in [3.8, 4) is 0 Å². The number of ether oxygens (including phenoxy) is 4. The average molecular weight is 614 g/mol. The Balaban J connectivity index is 1.21. The average Bonchev–Trinajstić information content (AvgIpc) is 3.34. The highest BCUT2D eigenvalue weighted by Gasteiger charge is 2.59. The lowest BCUT2D eigenvalue weighted by Crippen LogP contribution is -2.51. The Bertz CT molecular complexity index is 1130. The molecule has 0 aromatic carbocycles. The van der Waals surface area contributed by atoms with E-state index in [9.17, 15) is 9.59 Å². The molecule has 4 aliphatic carbocycles. The lowest BCUT2D eigenvalue weighted by molar-refractivity contribution is -0.213. The van der Waals surface area contributed by atoms with Crippen LogP contribution in [0.1, 0.15) is 112 Å². The van der Waals surface area contributed by atoms with E-state index in [1.807, 2.05) is 6.08 Å². The number of fused-ring (bicyclic) bond motifs is 5. The molecule has 44 heavy (non-hydrogen) atoms. The predicted octanol–water partition coefficient (Wildman–Crippen LogP) is 7.31. The fourth-order valence-corrected chi connectivity index (χ4v) is 9.58. The van der Waals surface area contributed by atoms with E-state index in [4.69, 9.17) is 23.8 Å². The minimum absolute atomic E-state index is 0.00669. The van der Waals surface area contributed by atoms with Gasteiger partial charge in [0.1, 0.15) is 25.4 Å². The van der Waals surface area contributed by atoms with Gasteiger partial charge in [-0.1, -0.05) is 50.4 Å². The van der Waals surface area contributed by atoms with Gasteiger partial charge in [-0.25, -0.2) is 0 Å². The molecule has 0 bridgehead atoms. The molecule has 1 heterocycles. The van der Waals surface area contributed by atoms with Crippen LogP contribution in [0.25, 0.3) is 0 Å². The van der Waals surface area contributed by atoms with Crippen LogP contribution in [-0.4, -0.2) is 55.5 Å². The van der Waals surface area contributed by atoms with E-state index in [0.717, 1.165) is 50.5 Å². The highest BCUT2D eigenvalue weighted by Crippen LogP contribution is 2.66. The Morgan fingerprint density at radius 1 is 1.00 bits per heavy atom. The molecule has 0 saturated heterocycles. The second-order valence-electron chi connectivity index (χ2n) is 14.5. The van der Waals surface area contributed by atoms with Crippen molar-refractivity contribution < 1.29 is 33.4 Å². The summed E-state index contributed by atoms with van der Waals surface area (Å²) < 4.78 is 23.2. The fourth-order valence-electron chi connectivity index (χ4n) is 9.58. The summed E-state index contributed by atoms with van der Waals surface area (Å²) in [4.78, 5) is 28.8. The van der Waals surface area contributed by atoms with Crippen LogP contribution in [0.2, 0.25) is 0 Å². The van der Waals surface area contributed by atoms with Crippen LogP contribution in [0.15, 0.2) is 29.0 Å². The number of rotatable bonds is 11. The van der Waals surface area contributed by atoms with Gasteiger partial charge in [0.25, 0.3) is 0 Å². The van der Waals surface area contributed by atoms with Gasteiger partial charge < -0.3 is 23.8 Å². The zero-order valence-corrected chi connectivity index (χ0v) is 27.8. The summed E-state index contributed by atoms with van der Waals surface area (Å²) in [5, 5.41) is 4.62. The van der Waals surface area contributed by atoms with E-state index in [-0.39, 0.29) is 18.1 Å². The standard InChI is InChI=1S/C36H55NO7/c1-7-8-9-20-41-37-23(2)29-12-13-30-28-11-10-26-21-27(16-18-35(26,5)31(28)17-19-36(29,30)6)43-34-15-14-32(42-25(4)39)33(44-34)22-40-24(3)38/h10,14-15,27-34H,7-9,11-13,16-22H2,1-6H3/b37-23+/t27-,28?,29+,30?,31?,32-,33+,34?,35-,36+/m0/s1. The highest BCUT2D eigenvalue weighted by molar-refractivity contribution is 5.85. The van der Waals surface area contributed by atoms with Gasteiger partial charge >= 0.3 is 11.9 Å². The van der Waals surface area contributed by atoms with Crippen molar-refractivity contribution in [3.63, 3.8) is 0 Å². The largest absolute Gasteiger partial charge is 0.463 e. The molecule has 0 spiro atoms. The van der Waals surface area contributed by atoms with E-state index in [1.165, 1.54) is 58.1 Å². The van der Waals surface area contributed by atoms with Gasteiger partial charge in [0.05, 0.1) is 11.8 Å². The molecule has 0 aromatic heterocycles. The van der Waals surface area contributed by atoms with Crippen molar-refractivity contribution in [1.29, 1.82) is 0 Å². The van der Waals surface area contributed by atoms with Crippen LogP contribution >= 0.6 is 0 Å². The summed E-state index contributed by atoms with van der Waals surface area (Å²) in [6, 6.07) is 0. The topological polar surface area (TPSA) is 92.6 Å². The van der Waals surface area contributed by atoms with Crippen molar-refractivity contribution in [2.45, 2.75) is 137 Å². The van der Waals surface area contributed by atoms with E-state index >= 15 is 0 Å². The van der Waals surface area contributed by atoms with Crippen LogP contribution in [-0.2, 0) is 33.4 Å². The summed E-state index contributed by atoms with van der Waals surface area (Å²) in [5.41, 5.74) is 3.28. The van der Waals surface area contributed by atoms with Crippen molar-refractivity contribution in [2.75, 3.05) is 13.2 Å². The number of allylic oxidation sites excluding steroid dienone is 1. The van der Waals surface area contributed by atoms with Crippen LogP contribution in [0.4, 0.5) is 0 Å². The van der Waals surface area contributed by atoms with Crippen LogP contribution in [0.3, 0.4) is 0 Å². The summed E-state index contributed by atoms with van der Waals surface area (Å²) in [6.45, 7) is 12.9. The number of oxime groups is 1. The number of unbranched alkanes of at least 4 members (excludes halogenated alkanes) is 2. The number of hydrogen-bond donors (Lipinski definition) is 0. The molecule has 8 heteroatoms. The van der Waals surface area contributed by atoms with Gasteiger partial charge in [0, 0.05) is 19.8 Å². The molecule has 4 unspecified atom stereocenters. The second-order valence-corrected chi connectivity index (χ2v) is 14.5. The monoisotopic (exact) mass is 613 g/mol. The quantitative estimate of drug-likeness (QED) is 0.0793. The predicted molar refractivity (Wildman–Crippen MR) is 169 cm³/mol. The zero-order chi connectivity index (χ0) is 31.5. The second kappa shape index (κ2) is 14.1. The van der Waals surface area contributed by atoms with Gasteiger partial charge in [0.2, 0.25) is 0 Å². The number of carbonyl (C=O) groups excluding carboxylic acids is 2. The molecular formula is C36H55NO7. The van der Waals surface area contributed by atoms with Gasteiger partial charge in [-0.2, -0.15) is 0 Å². The molecule has 246 valence electrons. The molecule has 3 fully saturated rings. The van der Waals surface area contributed by atoms with Gasteiger partial charge in [-0.3, -0.25) is 9.59 Å². The first-order valence-electron chi connectivity index (χ1n) is 17.2. The molecular weight excluding hydrogens is 558 g/mol. The van der Waals surface area contributed by atoms with Gasteiger partial charge in [-0.05, 0) is 105 Å². The SMILES string of the molecule is CCCCCO/N=C(\C)[C@H]1CCC2C3CC=C4C[C@@H](OC5C=C[C@H](OC(C)=O)[C@@H](COC(C)=O)O5)CC[C@]4(C)C3CC[C@@]21C. The number of esters is 2. The third-order valence-electron chi connectivity index (χ3n) is 11.8. The minimum atomic E-state index is -0.611. The zero-order valence-electron chi connectivity index (χ0n) is 27.8. The van der Waals surface area contributed by atoms with Crippen molar-refractivity contribution in [1.82, 2.24) is 0 Å². The van der Waals surface area contributed by atoms with E-state index in [1.54, 1.807) is 11.6 Å². The van der Waals surface area contributed by atoms with Gasteiger partial charge in [-0.15, -0.1) is 0 Å². The summed E-state index contributed by atoms with van der Waals surface area (Å²) in [6.07, 6.45) is 17.2. The number of hydrogen-bond acceptors (Lipinski definition) is 8. The van der Waals surface area contributed by atoms with Crippen molar-refractivity contribution in [2.24, 2.45) is 39.7 Å². The Hall–Kier alpha value is -2.19. The number of carbonyl (C=O) groups is 2. The Labute approximate surface area is 264 Å². The lowest BCUT2D eigenvalue weighted by atomic mass is 9.47. The van der Waals surface area contributed by atoms with Crippen molar-refractivity contribution in [3.05, 3.63) is 23.8 Å². The third-order valence-corrected chi connectivity index (χ3v) is 11.8. The molecule has 0 N–H and O–H groups in total. The Morgan fingerprint density at radius 3 is 2.57 bits per heavy atom. The molecule has 0 amide bonds. The van der Waals surface area contributed by atoms with Crippen molar-refractivity contribution >= 4 is 17.7 Å². The normalized spacial score (nSPS) is 39.9. The smallest absolute Gasteiger partial charge is 0.303 e. The first-order chi connectivity index (χ1) is 21.0. The maximum atomic E-state index is 11.6. The molecule has 1 aliphatic heterocycles. The molecule has 10 atom stereocenters. The van der Waals surface area contributed by atoms with Crippen LogP contribution in [0.5, 0.6) is 0 Å². The fraction of sp³-hybridized carbons (Fsp3) is 0.806. The van der Waals surface area contributed by atoms with Crippen LogP contribution < -0.4 is 0 Å². The Kier molecular flexibility index (Phi) is 10.6. The maximum Gasteiger partial charge on any atom is 0.303 e. The Morgan fingerprint density at radius 2 is 1.82 bits per heavy atom. The minimum Gasteiger partial charge on any atom is -0.463 e. The maximum absolute atomic E-state index is 11.6. The summed E-state index contributed by atoms with van der Waals surface area (Å²) >= 11 is 0. The lowest BCUT2D eigenvalue weighted by Gasteiger charge is -2.58. The molecule has 8 nitrogen and oxygen atoms in total. The van der Waals surface area contributed by atoms with Crippen LogP contribution in [0, 0.1) is 34.5 Å². The molecule has 3 saturated carbocycles. The molecule has 5 aliphatic rings. The highest BCUT2D eigenvalue weighted by atomic mass is 16.7. The first-order valence-corrected chi connectivity index (χ1v) is 17.2. The molecule has 0 radical (unpaired) electrons.